The number of ether oxygens (including phenoxy) is 1. The van der Waals surface area contributed by atoms with E-state index in [0.29, 0.717) is 17.8 Å². The molecular formula is C14H13N2O3+. The first-order valence-electron chi connectivity index (χ1n) is 6.03. The molecule has 0 saturated carbocycles. The molecule has 2 N–H and O–H groups in total. The lowest BCUT2D eigenvalue weighted by molar-refractivity contribution is -0.885. The highest BCUT2D eigenvalue weighted by molar-refractivity contribution is 6.07. The molecule has 0 spiro atoms. The quantitative estimate of drug-likeness (QED) is 0.419. The van der Waals surface area contributed by atoms with Gasteiger partial charge in [-0.15, -0.1) is 0 Å². The Kier molecular flexibility index (Phi) is 2.59. The van der Waals surface area contributed by atoms with Crippen molar-refractivity contribution in [2.45, 2.75) is 6.92 Å². The SMILES string of the molecule is CCOC(=O)c1ccc2[nH]c3c(ccc[n+]3O)c2c1. The predicted molar refractivity (Wildman–Crippen MR) is 69.1 cm³/mol. The van der Waals surface area contributed by atoms with Crippen molar-refractivity contribution in [3.63, 3.8) is 0 Å². The molecule has 5 heteroatoms. The van der Waals surface area contributed by atoms with E-state index in [9.17, 15) is 10.0 Å². The van der Waals surface area contributed by atoms with Crippen LogP contribution in [-0.4, -0.2) is 22.8 Å². The Balaban J connectivity index is 2.24. The molecule has 1 aromatic carbocycles. The highest BCUT2D eigenvalue weighted by atomic mass is 16.5. The minimum Gasteiger partial charge on any atom is -0.462 e. The Hall–Kier alpha value is -2.56. The molecule has 2 aromatic heterocycles. The average molecular weight is 257 g/mol. The Bertz CT molecular complexity index is 777. The van der Waals surface area contributed by atoms with Crippen LogP contribution in [0, 0.1) is 0 Å². The third kappa shape index (κ3) is 1.79. The molecule has 0 aliphatic rings. The summed E-state index contributed by atoms with van der Waals surface area (Å²) >= 11 is 0. The van der Waals surface area contributed by atoms with Crippen LogP contribution >= 0.6 is 0 Å². The van der Waals surface area contributed by atoms with E-state index in [0.717, 1.165) is 21.0 Å². The van der Waals surface area contributed by atoms with Gasteiger partial charge in [-0.2, -0.15) is 0 Å². The summed E-state index contributed by atoms with van der Waals surface area (Å²) in [5.74, 6) is -0.341. The van der Waals surface area contributed by atoms with Gasteiger partial charge < -0.3 is 9.94 Å². The van der Waals surface area contributed by atoms with E-state index in [1.54, 1.807) is 31.3 Å². The summed E-state index contributed by atoms with van der Waals surface area (Å²) in [6.07, 6.45) is 1.55. The zero-order valence-corrected chi connectivity index (χ0v) is 10.4. The average Bonchev–Trinajstić information content (AvgIpc) is 2.78. The van der Waals surface area contributed by atoms with E-state index in [1.807, 2.05) is 12.1 Å². The Morgan fingerprint density at radius 3 is 3.00 bits per heavy atom. The maximum Gasteiger partial charge on any atom is 0.338 e. The monoisotopic (exact) mass is 257 g/mol. The highest BCUT2D eigenvalue weighted by Gasteiger charge is 2.16. The van der Waals surface area contributed by atoms with Gasteiger partial charge in [-0.25, -0.2) is 9.78 Å². The molecule has 0 saturated heterocycles. The fourth-order valence-electron chi connectivity index (χ4n) is 2.18. The van der Waals surface area contributed by atoms with Crippen LogP contribution in [-0.2, 0) is 4.74 Å². The van der Waals surface area contributed by atoms with Crippen LogP contribution < -0.4 is 4.73 Å². The van der Waals surface area contributed by atoms with Gasteiger partial charge in [-0.05, 0) is 37.3 Å². The first-order chi connectivity index (χ1) is 9.20. The lowest BCUT2D eigenvalue weighted by atomic mass is 10.1. The maximum absolute atomic E-state index is 11.7. The second-order valence-corrected chi connectivity index (χ2v) is 4.22. The molecule has 3 rings (SSSR count). The molecule has 5 nitrogen and oxygen atoms in total. The largest absolute Gasteiger partial charge is 0.462 e. The Morgan fingerprint density at radius 2 is 2.21 bits per heavy atom. The highest BCUT2D eigenvalue weighted by Crippen LogP contribution is 2.24. The number of hydrogen-bond acceptors (Lipinski definition) is 3. The molecule has 0 aliphatic heterocycles. The summed E-state index contributed by atoms with van der Waals surface area (Å²) < 4.78 is 6.01. The van der Waals surface area contributed by atoms with Crippen LogP contribution in [0.3, 0.4) is 0 Å². The number of esters is 1. The molecule has 3 aromatic rings. The smallest absolute Gasteiger partial charge is 0.338 e. The van der Waals surface area contributed by atoms with E-state index >= 15 is 0 Å². The normalized spacial score (nSPS) is 11.0. The van der Waals surface area contributed by atoms with Crippen molar-refractivity contribution in [2.24, 2.45) is 0 Å². The summed E-state index contributed by atoms with van der Waals surface area (Å²) in [7, 11) is 0. The number of aromatic amines is 1. The van der Waals surface area contributed by atoms with Gasteiger partial charge in [-0.1, -0.05) is 4.73 Å². The number of carbonyl (C=O) groups is 1. The summed E-state index contributed by atoms with van der Waals surface area (Å²) in [6, 6.07) is 8.91. The minimum atomic E-state index is -0.341. The molecule has 0 fully saturated rings. The standard InChI is InChI=1S/C14H12N2O3/c1-2-19-14(17)9-5-6-12-11(8-9)10-4-3-7-16(18)13(10)15-12/h3-8,18H,2H2,1H3/p+1. The van der Waals surface area contributed by atoms with Crippen molar-refractivity contribution < 1.29 is 19.5 Å². The lowest BCUT2D eigenvalue weighted by Gasteiger charge is -2.00. The van der Waals surface area contributed by atoms with Crippen LogP contribution in [0.25, 0.3) is 21.9 Å². The van der Waals surface area contributed by atoms with Crippen LogP contribution in [0.2, 0.25) is 0 Å². The molecule has 0 bridgehead atoms. The number of rotatable bonds is 2. The number of nitrogens with zero attached hydrogens (tertiary/aromatic N) is 1. The minimum absolute atomic E-state index is 0.341. The molecule has 0 radical (unpaired) electrons. The zero-order valence-electron chi connectivity index (χ0n) is 10.4. The molecule has 0 amide bonds. The predicted octanol–water partition coefficient (Wildman–Crippen LogP) is 2.02. The van der Waals surface area contributed by atoms with E-state index in [1.165, 1.54) is 0 Å². The number of carbonyl (C=O) groups excluding carboxylic acids is 1. The van der Waals surface area contributed by atoms with E-state index in [2.05, 4.69) is 4.98 Å². The van der Waals surface area contributed by atoms with Gasteiger partial charge in [0.15, 0.2) is 0 Å². The topological polar surface area (TPSA) is 66.2 Å². The van der Waals surface area contributed by atoms with Crippen molar-refractivity contribution in [2.75, 3.05) is 6.61 Å². The molecular weight excluding hydrogens is 244 g/mol. The van der Waals surface area contributed by atoms with Crippen molar-refractivity contribution in [1.29, 1.82) is 0 Å². The van der Waals surface area contributed by atoms with Crippen molar-refractivity contribution in [3.05, 3.63) is 42.1 Å². The number of H-pyrrole nitrogens is 1. The zero-order chi connectivity index (χ0) is 13.4. The molecule has 19 heavy (non-hydrogen) atoms. The second kappa shape index (κ2) is 4.28. The third-order valence-electron chi connectivity index (χ3n) is 3.05. The number of fused-ring (bicyclic) bond motifs is 3. The number of nitrogens with one attached hydrogen (secondary N) is 1. The molecule has 0 aliphatic carbocycles. The van der Waals surface area contributed by atoms with Crippen LogP contribution in [0.5, 0.6) is 0 Å². The van der Waals surface area contributed by atoms with E-state index in [-0.39, 0.29) is 5.97 Å². The summed E-state index contributed by atoms with van der Waals surface area (Å²) in [5.41, 5.74) is 1.96. The van der Waals surface area contributed by atoms with Crippen LogP contribution in [0.1, 0.15) is 17.3 Å². The van der Waals surface area contributed by atoms with Gasteiger partial charge in [-0.3, -0.25) is 0 Å². The van der Waals surface area contributed by atoms with Gasteiger partial charge in [0.25, 0.3) is 0 Å². The number of benzene rings is 1. The molecule has 96 valence electrons. The molecule has 0 unspecified atom stereocenters. The van der Waals surface area contributed by atoms with Crippen molar-refractivity contribution in [1.82, 2.24) is 4.98 Å². The van der Waals surface area contributed by atoms with Gasteiger partial charge >= 0.3 is 11.6 Å². The third-order valence-corrected chi connectivity index (χ3v) is 3.05. The molecule has 0 atom stereocenters. The van der Waals surface area contributed by atoms with Crippen molar-refractivity contribution in [3.8, 4) is 0 Å². The second-order valence-electron chi connectivity index (χ2n) is 4.22. The fraction of sp³-hybridized carbons (Fsp3) is 0.143. The van der Waals surface area contributed by atoms with Gasteiger partial charge in [0.05, 0.1) is 17.6 Å². The number of pyridine rings is 1. The summed E-state index contributed by atoms with van der Waals surface area (Å²) in [5, 5.41) is 11.5. The first kappa shape index (κ1) is 11.5. The van der Waals surface area contributed by atoms with Gasteiger partial charge in [0.1, 0.15) is 11.7 Å². The first-order valence-corrected chi connectivity index (χ1v) is 6.03. The lowest BCUT2D eigenvalue weighted by Crippen LogP contribution is -2.29. The maximum atomic E-state index is 11.7. The Labute approximate surface area is 109 Å². The molecule has 2 heterocycles. The van der Waals surface area contributed by atoms with Gasteiger partial charge in [0, 0.05) is 5.39 Å². The van der Waals surface area contributed by atoms with E-state index in [4.69, 9.17) is 4.74 Å². The summed E-state index contributed by atoms with van der Waals surface area (Å²) in [4.78, 5) is 14.8. The summed E-state index contributed by atoms with van der Waals surface area (Å²) in [6.45, 7) is 2.12. The van der Waals surface area contributed by atoms with Crippen LogP contribution in [0.15, 0.2) is 36.5 Å². The fourth-order valence-corrected chi connectivity index (χ4v) is 2.18. The van der Waals surface area contributed by atoms with Gasteiger partial charge in [0.2, 0.25) is 0 Å². The number of aromatic nitrogens is 2. The van der Waals surface area contributed by atoms with Crippen LogP contribution in [0.4, 0.5) is 0 Å². The number of hydrogen-bond donors (Lipinski definition) is 2. The Morgan fingerprint density at radius 1 is 1.37 bits per heavy atom. The van der Waals surface area contributed by atoms with Crippen molar-refractivity contribution >= 4 is 27.9 Å². The van der Waals surface area contributed by atoms with E-state index < -0.39 is 0 Å².